The van der Waals surface area contributed by atoms with Crippen LogP contribution in [0, 0.1) is 11.3 Å². The summed E-state index contributed by atoms with van der Waals surface area (Å²) in [6, 6.07) is 0. The molecule has 1 heterocycles. The Balaban J connectivity index is 2.46. The normalized spacial score (nSPS) is 23.7. The summed E-state index contributed by atoms with van der Waals surface area (Å²) in [6.45, 7) is 8.82. The second-order valence-corrected chi connectivity index (χ2v) is 3.89. The molecule has 0 aromatic heterocycles. The number of rotatable bonds is 2. The lowest BCUT2D eigenvalue weighted by Gasteiger charge is -2.35. The first-order valence-corrected chi connectivity index (χ1v) is 5.10. The second kappa shape index (κ2) is 4.61. The summed E-state index contributed by atoms with van der Waals surface area (Å²) in [5.41, 5.74) is 0. The maximum Gasteiger partial charge on any atom is 0.0985 e. The monoisotopic (exact) mass is 184 g/mol. The molecule has 1 aliphatic rings. The Morgan fingerprint density at radius 3 is 2.85 bits per heavy atom. The van der Waals surface area contributed by atoms with Crippen molar-refractivity contribution >= 4 is 5.84 Å². The van der Waals surface area contributed by atoms with Crippen molar-refractivity contribution in [1.29, 1.82) is 5.41 Å². The van der Waals surface area contributed by atoms with Gasteiger partial charge in [0.1, 0.15) is 0 Å². The van der Waals surface area contributed by atoms with Gasteiger partial charge in [-0.2, -0.15) is 0 Å². The summed E-state index contributed by atoms with van der Waals surface area (Å²) in [5.74, 6) is 1.08. The van der Waals surface area contributed by atoms with Crippen molar-refractivity contribution in [2.75, 3.05) is 19.7 Å². The topological polar surface area (TPSA) is 36.3 Å². The van der Waals surface area contributed by atoms with Crippen molar-refractivity contribution in [1.82, 2.24) is 4.90 Å². The molecule has 76 valence electrons. The van der Waals surface area contributed by atoms with Gasteiger partial charge in [0.15, 0.2) is 0 Å². The van der Waals surface area contributed by atoms with E-state index in [2.05, 4.69) is 25.7 Å². The van der Waals surface area contributed by atoms with Gasteiger partial charge in [0.25, 0.3) is 0 Å². The van der Waals surface area contributed by atoms with E-state index in [1.54, 1.807) is 0 Å². The van der Waals surface area contributed by atoms with Crippen LogP contribution in [0.15, 0.2) is 0 Å². The van der Waals surface area contributed by atoms with Crippen molar-refractivity contribution < 1.29 is 4.74 Å². The number of hydrogen-bond donors (Lipinski definition) is 1. The van der Waals surface area contributed by atoms with Crippen LogP contribution in [0.25, 0.3) is 0 Å². The molecule has 1 fully saturated rings. The van der Waals surface area contributed by atoms with E-state index in [-0.39, 0.29) is 0 Å². The van der Waals surface area contributed by atoms with E-state index in [1.807, 2.05) is 0 Å². The third kappa shape index (κ3) is 2.69. The first-order chi connectivity index (χ1) is 6.15. The van der Waals surface area contributed by atoms with Gasteiger partial charge in [-0.1, -0.05) is 20.8 Å². The molecule has 1 aliphatic heterocycles. The van der Waals surface area contributed by atoms with E-state index >= 15 is 0 Å². The second-order valence-electron chi connectivity index (χ2n) is 3.89. The van der Waals surface area contributed by atoms with Crippen LogP contribution in [0.4, 0.5) is 0 Å². The average Bonchev–Trinajstić information content (AvgIpc) is 2.16. The molecule has 0 spiro atoms. The predicted molar refractivity (Wildman–Crippen MR) is 54.2 cm³/mol. The van der Waals surface area contributed by atoms with Crippen LogP contribution in [0.2, 0.25) is 0 Å². The van der Waals surface area contributed by atoms with Gasteiger partial charge in [0.05, 0.1) is 18.5 Å². The van der Waals surface area contributed by atoms with Crippen LogP contribution in [0.1, 0.15) is 27.2 Å². The van der Waals surface area contributed by atoms with Crippen LogP contribution in [0.3, 0.4) is 0 Å². The van der Waals surface area contributed by atoms with E-state index < -0.39 is 0 Å². The maximum absolute atomic E-state index is 7.87. The van der Waals surface area contributed by atoms with Gasteiger partial charge < -0.3 is 9.64 Å². The van der Waals surface area contributed by atoms with E-state index in [9.17, 15) is 0 Å². The summed E-state index contributed by atoms with van der Waals surface area (Å²) in [6.07, 6.45) is 1.37. The van der Waals surface area contributed by atoms with Crippen LogP contribution in [-0.2, 0) is 4.74 Å². The van der Waals surface area contributed by atoms with Crippen LogP contribution in [0.5, 0.6) is 0 Å². The molecule has 1 N–H and O–H groups in total. The fraction of sp³-hybridized carbons (Fsp3) is 0.900. The largest absolute Gasteiger partial charge is 0.375 e. The van der Waals surface area contributed by atoms with Crippen molar-refractivity contribution in [3.8, 4) is 0 Å². The molecule has 0 saturated carbocycles. The quantitative estimate of drug-likeness (QED) is 0.524. The minimum atomic E-state index is 0.327. The highest BCUT2D eigenvalue weighted by Crippen LogP contribution is 2.11. The Labute approximate surface area is 80.6 Å². The molecule has 0 radical (unpaired) electrons. The lowest BCUT2D eigenvalue weighted by molar-refractivity contribution is -0.00846. The Bertz CT molecular complexity index is 180. The van der Waals surface area contributed by atoms with Crippen molar-refractivity contribution in [2.24, 2.45) is 5.92 Å². The zero-order valence-electron chi connectivity index (χ0n) is 8.84. The molecule has 13 heavy (non-hydrogen) atoms. The van der Waals surface area contributed by atoms with Crippen LogP contribution in [-0.4, -0.2) is 36.5 Å². The Kier molecular flexibility index (Phi) is 3.72. The van der Waals surface area contributed by atoms with Crippen molar-refractivity contribution in [3.63, 3.8) is 0 Å². The minimum Gasteiger partial charge on any atom is -0.375 e. The van der Waals surface area contributed by atoms with Gasteiger partial charge in [-0.3, -0.25) is 5.41 Å². The molecule has 0 aliphatic carbocycles. The van der Waals surface area contributed by atoms with Gasteiger partial charge >= 0.3 is 0 Å². The summed E-state index contributed by atoms with van der Waals surface area (Å²) in [5, 5.41) is 7.87. The number of nitrogens with one attached hydrogen (secondary N) is 1. The molecule has 0 amide bonds. The lowest BCUT2D eigenvalue weighted by Crippen LogP contribution is -2.46. The molecular weight excluding hydrogens is 164 g/mol. The fourth-order valence-electron chi connectivity index (χ4n) is 1.55. The highest BCUT2D eigenvalue weighted by molar-refractivity contribution is 5.81. The van der Waals surface area contributed by atoms with Gasteiger partial charge in [0, 0.05) is 19.0 Å². The van der Waals surface area contributed by atoms with Crippen LogP contribution < -0.4 is 0 Å². The molecule has 0 aromatic rings. The summed E-state index contributed by atoms with van der Waals surface area (Å²) in [7, 11) is 0. The lowest BCUT2D eigenvalue weighted by atomic mass is 10.1. The highest BCUT2D eigenvalue weighted by atomic mass is 16.5. The minimum absolute atomic E-state index is 0.327. The van der Waals surface area contributed by atoms with E-state index in [1.165, 1.54) is 0 Å². The third-order valence-corrected chi connectivity index (χ3v) is 2.48. The molecule has 1 unspecified atom stereocenters. The molecule has 0 aromatic carbocycles. The fourth-order valence-corrected chi connectivity index (χ4v) is 1.55. The molecule has 0 bridgehead atoms. The first-order valence-electron chi connectivity index (χ1n) is 5.10. The average molecular weight is 184 g/mol. The number of ether oxygens (including phenoxy) is 1. The van der Waals surface area contributed by atoms with Gasteiger partial charge in [-0.25, -0.2) is 0 Å². The SMILES string of the molecule is CCC1CN(C(=N)C(C)C)CCO1. The Hall–Kier alpha value is -0.570. The molecule has 3 nitrogen and oxygen atoms in total. The molecular formula is C10H20N2O. The Morgan fingerprint density at radius 1 is 1.62 bits per heavy atom. The van der Waals surface area contributed by atoms with Crippen molar-refractivity contribution in [3.05, 3.63) is 0 Å². The van der Waals surface area contributed by atoms with Crippen molar-refractivity contribution in [2.45, 2.75) is 33.3 Å². The van der Waals surface area contributed by atoms with E-state index in [0.29, 0.717) is 12.0 Å². The Morgan fingerprint density at radius 2 is 2.31 bits per heavy atom. The zero-order chi connectivity index (χ0) is 9.84. The van der Waals surface area contributed by atoms with Crippen LogP contribution >= 0.6 is 0 Å². The van der Waals surface area contributed by atoms with E-state index in [0.717, 1.165) is 32.0 Å². The predicted octanol–water partition coefficient (Wildman–Crippen LogP) is 1.73. The molecule has 3 heteroatoms. The zero-order valence-corrected chi connectivity index (χ0v) is 8.84. The summed E-state index contributed by atoms with van der Waals surface area (Å²) in [4.78, 5) is 2.14. The maximum atomic E-state index is 7.87. The summed E-state index contributed by atoms with van der Waals surface area (Å²) >= 11 is 0. The van der Waals surface area contributed by atoms with Gasteiger partial charge in [0.2, 0.25) is 0 Å². The highest BCUT2D eigenvalue weighted by Gasteiger charge is 2.21. The molecule has 1 rings (SSSR count). The van der Waals surface area contributed by atoms with Gasteiger partial charge in [-0.15, -0.1) is 0 Å². The number of morpholine rings is 1. The number of nitrogens with zero attached hydrogens (tertiary/aromatic N) is 1. The van der Waals surface area contributed by atoms with Gasteiger partial charge in [-0.05, 0) is 6.42 Å². The molecule has 1 saturated heterocycles. The number of amidine groups is 1. The standard InChI is InChI=1S/C10H20N2O/c1-4-9-7-12(5-6-13-9)10(11)8(2)3/h8-9,11H,4-7H2,1-3H3. The van der Waals surface area contributed by atoms with E-state index in [4.69, 9.17) is 10.1 Å². The summed E-state index contributed by atoms with van der Waals surface area (Å²) < 4.78 is 5.55. The number of hydrogen-bond acceptors (Lipinski definition) is 2. The first kappa shape index (κ1) is 10.5. The molecule has 1 atom stereocenters. The third-order valence-electron chi connectivity index (χ3n) is 2.48. The smallest absolute Gasteiger partial charge is 0.0985 e.